The van der Waals surface area contributed by atoms with Crippen LogP contribution in [0.3, 0.4) is 0 Å². The Labute approximate surface area is 187 Å². The average Bonchev–Trinajstić information content (AvgIpc) is 2.69. The molecule has 0 saturated heterocycles. The first-order valence-corrected chi connectivity index (χ1v) is 10.2. The topological polar surface area (TPSA) is 84.5 Å². The summed E-state index contributed by atoms with van der Waals surface area (Å²) in [6.07, 6.45) is -0.290. The monoisotopic (exact) mass is 500 g/mol. The molecular weight excluding hydrogens is 483 g/mol. The van der Waals surface area contributed by atoms with Crippen LogP contribution in [0.2, 0.25) is 10.0 Å². The van der Waals surface area contributed by atoms with Gasteiger partial charge in [0.05, 0.1) is 22.2 Å². The van der Waals surface area contributed by atoms with Gasteiger partial charge in [-0.15, -0.1) is 0 Å². The maximum absolute atomic E-state index is 12.0. The number of rotatable bonds is 7. The van der Waals surface area contributed by atoms with E-state index < -0.39 is 24.4 Å². The summed E-state index contributed by atoms with van der Waals surface area (Å²) in [6.45, 7) is 3.37. The first kappa shape index (κ1) is 23.2. The van der Waals surface area contributed by atoms with E-state index in [9.17, 15) is 14.4 Å². The van der Waals surface area contributed by atoms with Crippen LogP contribution in [0.4, 0.5) is 11.4 Å². The number of hydrogen-bond acceptors (Lipinski definition) is 4. The molecule has 0 unspecified atom stereocenters. The van der Waals surface area contributed by atoms with E-state index in [1.54, 1.807) is 24.3 Å². The van der Waals surface area contributed by atoms with Gasteiger partial charge in [-0.05, 0) is 49.2 Å². The van der Waals surface area contributed by atoms with Crippen molar-refractivity contribution in [2.75, 3.05) is 17.2 Å². The van der Waals surface area contributed by atoms with E-state index in [2.05, 4.69) is 26.6 Å². The SMILES string of the molecule is Cc1c(Br)ccc(NC(=O)COC(=O)CCC(=O)Nc2cccc(Cl)c2Cl)c1C. The largest absolute Gasteiger partial charge is 0.456 e. The van der Waals surface area contributed by atoms with E-state index in [0.717, 1.165) is 15.6 Å². The highest BCUT2D eigenvalue weighted by Gasteiger charge is 2.13. The molecule has 2 aromatic carbocycles. The fraction of sp³-hybridized carbons (Fsp3) is 0.250. The zero-order chi connectivity index (χ0) is 21.6. The second kappa shape index (κ2) is 10.6. The fourth-order valence-corrected chi connectivity index (χ4v) is 3.13. The smallest absolute Gasteiger partial charge is 0.306 e. The molecule has 2 rings (SSSR count). The average molecular weight is 502 g/mol. The summed E-state index contributed by atoms with van der Waals surface area (Å²) < 4.78 is 5.87. The third-order valence-corrected chi connectivity index (χ3v) is 5.82. The molecule has 29 heavy (non-hydrogen) atoms. The Balaban J connectivity index is 1.76. The summed E-state index contributed by atoms with van der Waals surface area (Å²) in [7, 11) is 0. The molecule has 0 aliphatic heterocycles. The van der Waals surface area contributed by atoms with Gasteiger partial charge in [0.15, 0.2) is 6.61 Å². The van der Waals surface area contributed by atoms with Crippen molar-refractivity contribution in [1.29, 1.82) is 0 Å². The molecule has 0 fully saturated rings. The molecule has 9 heteroatoms. The van der Waals surface area contributed by atoms with Gasteiger partial charge in [-0.2, -0.15) is 0 Å². The van der Waals surface area contributed by atoms with Gasteiger partial charge in [0, 0.05) is 16.6 Å². The maximum Gasteiger partial charge on any atom is 0.306 e. The minimum atomic E-state index is -0.656. The number of nitrogens with one attached hydrogen (secondary N) is 2. The van der Waals surface area contributed by atoms with Gasteiger partial charge in [0.25, 0.3) is 5.91 Å². The van der Waals surface area contributed by atoms with Crippen LogP contribution >= 0.6 is 39.1 Å². The summed E-state index contributed by atoms with van der Waals surface area (Å²) in [5, 5.41) is 5.81. The Kier molecular flexibility index (Phi) is 8.49. The lowest BCUT2D eigenvalue weighted by molar-refractivity contribution is -0.147. The fourth-order valence-electron chi connectivity index (χ4n) is 2.36. The van der Waals surface area contributed by atoms with Crippen LogP contribution in [-0.4, -0.2) is 24.4 Å². The van der Waals surface area contributed by atoms with Gasteiger partial charge in [0.2, 0.25) is 5.91 Å². The quantitative estimate of drug-likeness (QED) is 0.506. The van der Waals surface area contributed by atoms with E-state index >= 15 is 0 Å². The third-order valence-electron chi connectivity index (χ3n) is 4.14. The van der Waals surface area contributed by atoms with Crippen LogP contribution in [0.25, 0.3) is 0 Å². The second-order valence-corrected chi connectivity index (χ2v) is 7.84. The Morgan fingerprint density at radius 2 is 1.62 bits per heavy atom. The summed E-state index contributed by atoms with van der Waals surface area (Å²) in [5.41, 5.74) is 2.92. The number of hydrogen-bond donors (Lipinski definition) is 2. The summed E-state index contributed by atoms with van der Waals surface area (Å²) in [5.74, 6) is -1.54. The van der Waals surface area contributed by atoms with Gasteiger partial charge in [-0.1, -0.05) is 45.2 Å². The van der Waals surface area contributed by atoms with E-state index in [4.69, 9.17) is 27.9 Å². The van der Waals surface area contributed by atoms with Crippen molar-refractivity contribution in [3.63, 3.8) is 0 Å². The molecule has 0 atom stereocenters. The lowest BCUT2D eigenvalue weighted by Gasteiger charge is -2.12. The highest BCUT2D eigenvalue weighted by atomic mass is 79.9. The summed E-state index contributed by atoms with van der Waals surface area (Å²) in [4.78, 5) is 35.8. The molecule has 0 bridgehead atoms. The molecule has 154 valence electrons. The Bertz CT molecular complexity index is 950. The molecule has 0 radical (unpaired) electrons. The van der Waals surface area contributed by atoms with Crippen molar-refractivity contribution in [3.8, 4) is 0 Å². The van der Waals surface area contributed by atoms with Crippen LogP contribution in [0.5, 0.6) is 0 Å². The van der Waals surface area contributed by atoms with Crippen LogP contribution in [0.1, 0.15) is 24.0 Å². The zero-order valence-corrected chi connectivity index (χ0v) is 18.9. The van der Waals surface area contributed by atoms with Crippen molar-refractivity contribution in [3.05, 3.63) is 56.0 Å². The lowest BCUT2D eigenvalue weighted by Crippen LogP contribution is -2.22. The van der Waals surface area contributed by atoms with Crippen LogP contribution < -0.4 is 10.6 Å². The van der Waals surface area contributed by atoms with Crippen molar-refractivity contribution >= 4 is 68.3 Å². The van der Waals surface area contributed by atoms with Crippen molar-refractivity contribution in [2.45, 2.75) is 26.7 Å². The van der Waals surface area contributed by atoms with E-state index in [1.165, 1.54) is 0 Å². The highest BCUT2D eigenvalue weighted by Crippen LogP contribution is 2.29. The lowest BCUT2D eigenvalue weighted by atomic mass is 10.1. The summed E-state index contributed by atoms with van der Waals surface area (Å²) in [6, 6.07) is 8.43. The van der Waals surface area contributed by atoms with E-state index in [-0.39, 0.29) is 17.9 Å². The molecule has 0 aliphatic rings. The third kappa shape index (κ3) is 6.73. The van der Waals surface area contributed by atoms with Gasteiger partial charge in [-0.3, -0.25) is 14.4 Å². The van der Waals surface area contributed by atoms with Crippen molar-refractivity contribution in [2.24, 2.45) is 0 Å². The normalized spacial score (nSPS) is 10.4. The number of carbonyl (C=O) groups is 3. The van der Waals surface area contributed by atoms with Gasteiger partial charge in [0.1, 0.15) is 0 Å². The van der Waals surface area contributed by atoms with Gasteiger partial charge < -0.3 is 15.4 Å². The number of halogens is 3. The molecule has 0 aliphatic carbocycles. The predicted molar refractivity (Wildman–Crippen MR) is 118 cm³/mol. The number of carbonyl (C=O) groups excluding carboxylic acids is 3. The minimum absolute atomic E-state index is 0.117. The predicted octanol–water partition coefficient (Wildman–Crippen LogP) is 5.27. The molecule has 6 nitrogen and oxygen atoms in total. The van der Waals surface area contributed by atoms with Crippen LogP contribution in [-0.2, 0) is 19.1 Å². The van der Waals surface area contributed by atoms with E-state index in [0.29, 0.717) is 16.4 Å². The molecule has 2 aromatic rings. The number of esters is 1. The van der Waals surface area contributed by atoms with Crippen LogP contribution in [0.15, 0.2) is 34.8 Å². The number of anilines is 2. The minimum Gasteiger partial charge on any atom is -0.456 e. The highest BCUT2D eigenvalue weighted by molar-refractivity contribution is 9.10. The Hall–Kier alpha value is -2.09. The Morgan fingerprint density at radius 1 is 0.931 bits per heavy atom. The van der Waals surface area contributed by atoms with Crippen LogP contribution in [0, 0.1) is 13.8 Å². The van der Waals surface area contributed by atoms with Crippen molar-refractivity contribution in [1.82, 2.24) is 0 Å². The number of benzene rings is 2. The molecule has 2 N–H and O–H groups in total. The molecule has 0 spiro atoms. The first-order chi connectivity index (χ1) is 13.7. The van der Waals surface area contributed by atoms with Gasteiger partial charge >= 0.3 is 5.97 Å². The maximum atomic E-state index is 12.0. The second-order valence-electron chi connectivity index (χ2n) is 6.20. The Morgan fingerprint density at radius 3 is 2.34 bits per heavy atom. The van der Waals surface area contributed by atoms with E-state index in [1.807, 2.05) is 19.9 Å². The summed E-state index contributed by atoms with van der Waals surface area (Å²) >= 11 is 15.3. The molecular formula is C20H19BrCl2N2O4. The number of ether oxygens (including phenoxy) is 1. The molecule has 0 aromatic heterocycles. The standard InChI is InChI=1S/C20H19BrCl2N2O4/c1-11-12(2)15(7-6-13(11)21)24-18(27)10-29-19(28)9-8-17(26)25-16-5-3-4-14(22)20(16)23/h3-7H,8-10H2,1-2H3,(H,24,27)(H,25,26). The first-order valence-electron chi connectivity index (χ1n) is 8.64. The number of amides is 2. The molecule has 2 amide bonds. The zero-order valence-electron chi connectivity index (χ0n) is 15.8. The van der Waals surface area contributed by atoms with Gasteiger partial charge in [-0.25, -0.2) is 0 Å². The van der Waals surface area contributed by atoms with Crippen molar-refractivity contribution < 1.29 is 19.1 Å². The molecule has 0 saturated carbocycles. The molecule has 0 heterocycles.